The second kappa shape index (κ2) is 7.16. The first-order valence-electron chi connectivity index (χ1n) is 8.78. The van der Waals surface area contributed by atoms with E-state index in [2.05, 4.69) is 4.58 Å². The van der Waals surface area contributed by atoms with E-state index >= 15 is 0 Å². The smallest absolute Gasteiger partial charge is 0.347 e. The van der Waals surface area contributed by atoms with Crippen LogP contribution in [0.25, 0.3) is 0 Å². The highest BCUT2D eigenvalue weighted by atomic mass is 16.3. The van der Waals surface area contributed by atoms with Crippen molar-refractivity contribution in [2.75, 3.05) is 13.6 Å². The molecule has 1 aromatic rings. The molecule has 1 fully saturated rings. The molecule has 1 aliphatic heterocycles. The van der Waals surface area contributed by atoms with Gasteiger partial charge in [-0.2, -0.15) is 4.58 Å². The SMILES string of the molecule is CN(Cc1ccccc1)C(=O)C1CC[N+](C2CCCCC2)=C1O. The molecule has 0 bridgehead atoms. The van der Waals surface area contributed by atoms with Gasteiger partial charge in [0.2, 0.25) is 5.91 Å². The van der Waals surface area contributed by atoms with Crippen molar-refractivity contribution in [1.29, 1.82) is 0 Å². The Labute approximate surface area is 138 Å². The molecule has 4 nitrogen and oxygen atoms in total. The molecule has 1 saturated carbocycles. The molecule has 3 rings (SSSR count). The maximum Gasteiger partial charge on any atom is 0.347 e. The number of amides is 1. The second-order valence-electron chi connectivity index (χ2n) is 6.86. The molecule has 23 heavy (non-hydrogen) atoms. The zero-order valence-corrected chi connectivity index (χ0v) is 13.9. The fourth-order valence-corrected chi connectivity index (χ4v) is 3.91. The minimum absolute atomic E-state index is 0.0321. The largest absolute Gasteiger partial charge is 0.463 e. The first-order chi connectivity index (χ1) is 11.2. The van der Waals surface area contributed by atoms with Gasteiger partial charge >= 0.3 is 5.90 Å². The summed E-state index contributed by atoms with van der Waals surface area (Å²) < 4.78 is 2.10. The van der Waals surface area contributed by atoms with Crippen LogP contribution in [0.4, 0.5) is 0 Å². The summed E-state index contributed by atoms with van der Waals surface area (Å²) in [7, 11) is 1.83. The topological polar surface area (TPSA) is 43.5 Å². The average Bonchev–Trinajstić information content (AvgIpc) is 2.97. The summed E-state index contributed by atoms with van der Waals surface area (Å²) in [6.45, 7) is 1.40. The maximum absolute atomic E-state index is 12.7. The monoisotopic (exact) mass is 315 g/mol. The quantitative estimate of drug-likeness (QED) is 0.868. The molecular weight excluding hydrogens is 288 g/mol. The lowest BCUT2D eigenvalue weighted by Crippen LogP contribution is -2.37. The van der Waals surface area contributed by atoms with Crippen LogP contribution in [0.15, 0.2) is 30.3 Å². The fourth-order valence-electron chi connectivity index (χ4n) is 3.91. The Morgan fingerprint density at radius 2 is 1.87 bits per heavy atom. The van der Waals surface area contributed by atoms with Gasteiger partial charge in [0.1, 0.15) is 6.54 Å². The third-order valence-corrected chi connectivity index (χ3v) is 5.22. The Balaban J connectivity index is 1.66. The molecule has 1 heterocycles. The number of aliphatic hydroxyl groups excluding tert-OH is 1. The lowest BCUT2D eigenvalue weighted by Gasteiger charge is -2.20. The van der Waals surface area contributed by atoms with Crippen molar-refractivity contribution >= 4 is 11.8 Å². The molecule has 1 N–H and O–H groups in total. The summed E-state index contributed by atoms with van der Waals surface area (Å²) in [5, 5.41) is 10.6. The molecule has 0 aromatic heterocycles. The van der Waals surface area contributed by atoms with E-state index in [0.717, 1.165) is 31.4 Å². The number of hydrogen-bond acceptors (Lipinski definition) is 1. The minimum Gasteiger partial charge on any atom is -0.463 e. The van der Waals surface area contributed by atoms with Crippen LogP contribution in [0.5, 0.6) is 0 Å². The maximum atomic E-state index is 12.7. The number of aliphatic hydroxyl groups is 1. The Morgan fingerprint density at radius 1 is 1.17 bits per heavy atom. The van der Waals surface area contributed by atoms with Crippen molar-refractivity contribution in [3.05, 3.63) is 35.9 Å². The summed E-state index contributed by atoms with van der Waals surface area (Å²) in [4.78, 5) is 14.4. The number of carbonyl (C=O) groups is 1. The summed E-state index contributed by atoms with van der Waals surface area (Å²) >= 11 is 0. The van der Waals surface area contributed by atoms with E-state index in [0.29, 0.717) is 18.5 Å². The highest BCUT2D eigenvalue weighted by Crippen LogP contribution is 2.25. The van der Waals surface area contributed by atoms with Gasteiger partial charge in [0, 0.05) is 32.9 Å². The van der Waals surface area contributed by atoms with Crippen LogP contribution in [0.1, 0.15) is 44.1 Å². The number of benzene rings is 1. The molecule has 0 radical (unpaired) electrons. The molecule has 1 atom stereocenters. The van der Waals surface area contributed by atoms with Gasteiger partial charge in [-0.1, -0.05) is 36.8 Å². The molecule has 2 aliphatic rings. The normalized spacial score (nSPS) is 22.4. The Hall–Kier alpha value is -1.84. The van der Waals surface area contributed by atoms with Crippen molar-refractivity contribution in [3.63, 3.8) is 0 Å². The van der Waals surface area contributed by atoms with Crippen molar-refractivity contribution in [1.82, 2.24) is 4.90 Å². The summed E-state index contributed by atoms with van der Waals surface area (Å²) in [5.41, 5.74) is 1.12. The lowest BCUT2D eigenvalue weighted by atomic mass is 9.95. The van der Waals surface area contributed by atoms with Gasteiger partial charge in [-0.25, -0.2) is 0 Å². The number of carbonyl (C=O) groups excluding carboxylic acids is 1. The fraction of sp³-hybridized carbons (Fsp3) is 0.579. The van der Waals surface area contributed by atoms with Crippen molar-refractivity contribution in [2.24, 2.45) is 5.92 Å². The zero-order valence-electron chi connectivity index (χ0n) is 13.9. The Kier molecular flexibility index (Phi) is 4.99. The summed E-state index contributed by atoms with van der Waals surface area (Å²) in [6.07, 6.45) is 6.80. The van der Waals surface area contributed by atoms with Crippen LogP contribution < -0.4 is 0 Å². The van der Waals surface area contributed by atoms with E-state index in [1.165, 1.54) is 19.3 Å². The predicted molar refractivity (Wildman–Crippen MR) is 90.7 cm³/mol. The molecule has 1 aromatic carbocycles. The van der Waals surface area contributed by atoms with Crippen molar-refractivity contribution < 1.29 is 14.5 Å². The average molecular weight is 315 g/mol. The van der Waals surface area contributed by atoms with Gasteiger partial charge in [0.15, 0.2) is 12.0 Å². The van der Waals surface area contributed by atoms with Gasteiger partial charge in [0.05, 0.1) is 0 Å². The third-order valence-electron chi connectivity index (χ3n) is 5.22. The lowest BCUT2D eigenvalue weighted by molar-refractivity contribution is -0.568. The zero-order chi connectivity index (χ0) is 16.2. The van der Waals surface area contributed by atoms with E-state index in [1.807, 2.05) is 37.4 Å². The van der Waals surface area contributed by atoms with Gasteiger partial charge in [-0.3, -0.25) is 4.79 Å². The van der Waals surface area contributed by atoms with Gasteiger partial charge in [-0.05, 0) is 18.4 Å². The van der Waals surface area contributed by atoms with Gasteiger partial charge in [-0.15, -0.1) is 0 Å². The number of rotatable bonds is 4. The molecule has 0 saturated heterocycles. The van der Waals surface area contributed by atoms with Crippen molar-refractivity contribution in [2.45, 2.75) is 51.1 Å². The standard InChI is InChI=1S/C19H26N2O2/c1-20(14-15-8-4-2-5-9-15)18(22)17-12-13-21(19(17)23)16-10-6-3-7-11-16/h2,4-5,8-9,16-17H,3,6-7,10-14H2,1H3/p+1. The highest BCUT2D eigenvalue weighted by Gasteiger charge is 2.42. The molecule has 124 valence electrons. The van der Waals surface area contributed by atoms with E-state index in [1.54, 1.807) is 4.90 Å². The second-order valence-corrected chi connectivity index (χ2v) is 6.86. The van der Waals surface area contributed by atoms with Crippen molar-refractivity contribution in [3.8, 4) is 0 Å². The van der Waals surface area contributed by atoms with Crippen LogP contribution in [-0.2, 0) is 11.3 Å². The third kappa shape index (κ3) is 3.57. The Bertz CT molecular complexity index is 576. The van der Waals surface area contributed by atoms with Crippen LogP contribution in [0.2, 0.25) is 0 Å². The van der Waals surface area contributed by atoms with E-state index < -0.39 is 0 Å². The van der Waals surface area contributed by atoms with E-state index in [4.69, 9.17) is 0 Å². The van der Waals surface area contributed by atoms with Crippen LogP contribution >= 0.6 is 0 Å². The predicted octanol–water partition coefficient (Wildman–Crippen LogP) is 2.97. The summed E-state index contributed by atoms with van der Waals surface area (Å²) in [6, 6.07) is 10.4. The molecule has 1 aliphatic carbocycles. The van der Waals surface area contributed by atoms with Crippen LogP contribution in [0.3, 0.4) is 0 Å². The Morgan fingerprint density at radius 3 is 2.57 bits per heavy atom. The van der Waals surface area contributed by atoms with Crippen LogP contribution in [-0.4, -0.2) is 46.0 Å². The first-order valence-corrected chi connectivity index (χ1v) is 8.78. The highest BCUT2D eigenvalue weighted by molar-refractivity contribution is 5.98. The van der Waals surface area contributed by atoms with E-state index in [-0.39, 0.29) is 11.8 Å². The molecular formula is C19H27N2O2+. The molecule has 0 spiro atoms. The minimum atomic E-state index is -0.356. The molecule has 1 unspecified atom stereocenters. The van der Waals surface area contributed by atoms with Crippen LogP contribution in [0, 0.1) is 5.92 Å². The summed E-state index contributed by atoms with van der Waals surface area (Å²) in [5.74, 6) is -0.0166. The van der Waals surface area contributed by atoms with Gasteiger partial charge in [0.25, 0.3) is 0 Å². The van der Waals surface area contributed by atoms with Gasteiger partial charge < -0.3 is 10.0 Å². The van der Waals surface area contributed by atoms with E-state index in [9.17, 15) is 9.90 Å². The molecule has 4 heteroatoms. The first kappa shape index (κ1) is 16.0. The number of hydrogen-bond donors (Lipinski definition) is 1. The number of nitrogens with zero attached hydrogens (tertiary/aromatic N) is 2. The molecule has 1 amide bonds.